The van der Waals surface area contributed by atoms with Crippen LogP contribution in [0.15, 0.2) is 18.2 Å². The van der Waals surface area contributed by atoms with Crippen molar-refractivity contribution in [2.75, 3.05) is 11.9 Å². The van der Waals surface area contributed by atoms with Gasteiger partial charge < -0.3 is 5.32 Å². The summed E-state index contributed by atoms with van der Waals surface area (Å²) in [5.41, 5.74) is -0.798. The zero-order valence-electron chi connectivity index (χ0n) is 8.67. The van der Waals surface area contributed by atoms with Crippen molar-refractivity contribution < 1.29 is 9.85 Å². The van der Waals surface area contributed by atoms with E-state index in [0.29, 0.717) is 6.54 Å². The molecule has 0 aliphatic carbocycles. The average Bonchev–Trinajstić information content (AvgIpc) is 2.25. The topological polar surface area (TPSA) is 98.3 Å². The Balaban J connectivity index is 3.21. The van der Waals surface area contributed by atoms with Gasteiger partial charge in [0.1, 0.15) is 5.69 Å². The summed E-state index contributed by atoms with van der Waals surface area (Å²) >= 11 is 0. The fourth-order valence-corrected chi connectivity index (χ4v) is 1.27. The van der Waals surface area contributed by atoms with Gasteiger partial charge in [-0.15, -0.1) is 0 Å². The molecular weight excluding hydrogens is 214 g/mol. The number of nitrogens with one attached hydrogen (secondary N) is 1. The summed E-state index contributed by atoms with van der Waals surface area (Å²) in [6.07, 6.45) is 0.778. The molecule has 1 rings (SSSR count). The van der Waals surface area contributed by atoms with Crippen molar-refractivity contribution in [3.05, 3.63) is 38.4 Å². The average molecular weight is 225 g/mol. The quantitative estimate of drug-likeness (QED) is 0.612. The van der Waals surface area contributed by atoms with Gasteiger partial charge in [-0.25, -0.2) is 0 Å². The summed E-state index contributed by atoms with van der Waals surface area (Å²) in [5, 5.41) is 24.2. The van der Waals surface area contributed by atoms with Crippen LogP contribution in [0.2, 0.25) is 0 Å². The second-order valence-electron chi connectivity index (χ2n) is 3.11. The molecule has 0 amide bonds. The Labute approximate surface area is 91.4 Å². The first-order chi connectivity index (χ1) is 7.57. The van der Waals surface area contributed by atoms with E-state index in [-0.39, 0.29) is 5.69 Å². The van der Waals surface area contributed by atoms with Gasteiger partial charge in [-0.1, -0.05) is 13.0 Å². The zero-order chi connectivity index (χ0) is 12.1. The molecule has 0 atom stereocenters. The molecule has 0 saturated carbocycles. The summed E-state index contributed by atoms with van der Waals surface area (Å²) in [7, 11) is 0. The number of hydrogen-bond donors (Lipinski definition) is 1. The molecule has 0 aromatic heterocycles. The molecule has 7 nitrogen and oxygen atoms in total. The lowest BCUT2D eigenvalue weighted by atomic mass is 10.2. The fraction of sp³-hybridized carbons (Fsp3) is 0.333. The van der Waals surface area contributed by atoms with E-state index in [0.717, 1.165) is 12.5 Å². The van der Waals surface area contributed by atoms with Crippen LogP contribution >= 0.6 is 0 Å². The summed E-state index contributed by atoms with van der Waals surface area (Å²) < 4.78 is 0. The SMILES string of the molecule is CCCNc1cccc([N+](=O)[O-])c1[N+](=O)[O-]. The standard InChI is InChI=1S/C9H11N3O4/c1-2-6-10-7-4-3-5-8(11(13)14)9(7)12(15)16/h3-5,10H,2,6H2,1H3. The van der Waals surface area contributed by atoms with Gasteiger partial charge in [0.05, 0.1) is 9.85 Å². The van der Waals surface area contributed by atoms with Crippen LogP contribution in [-0.2, 0) is 0 Å². The summed E-state index contributed by atoms with van der Waals surface area (Å²) in [6, 6.07) is 4.00. The second-order valence-corrected chi connectivity index (χ2v) is 3.11. The Morgan fingerprint density at radius 3 is 2.44 bits per heavy atom. The number of benzene rings is 1. The monoisotopic (exact) mass is 225 g/mol. The van der Waals surface area contributed by atoms with Gasteiger partial charge in [0.25, 0.3) is 0 Å². The maximum atomic E-state index is 10.8. The minimum absolute atomic E-state index is 0.182. The van der Waals surface area contributed by atoms with E-state index in [4.69, 9.17) is 0 Å². The summed E-state index contributed by atoms with van der Waals surface area (Å²) in [4.78, 5) is 19.9. The van der Waals surface area contributed by atoms with E-state index < -0.39 is 21.2 Å². The number of nitro benzene ring substituents is 2. The fourth-order valence-electron chi connectivity index (χ4n) is 1.27. The van der Waals surface area contributed by atoms with Gasteiger partial charge in [-0.05, 0) is 12.5 Å². The lowest BCUT2D eigenvalue weighted by Crippen LogP contribution is -2.05. The number of nitro groups is 2. The van der Waals surface area contributed by atoms with Crippen molar-refractivity contribution in [3.63, 3.8) is 0 Å². The van der Waals surface area contributed by atoms with E-state index in [1.807, 2.05) is 6.92 Å². The first-order valence-corrected chi connectivity index (χ1v) is 4.73. The Bertz CT molecular complexity index is 419. The van der Waals surface area contributed by atoms with Crippen LogP contribution in [0.5, 0.6) is 0 Å². The molecule has 0 fully saturated rings. The van der Waals surface area contributed by atoms with Crippen LogP contribution in [0.3, 0.4) is 0 Å². The van der Waals surface area contributed by atoms with Gasteiger partial charge in [-0.2, -0.15) is 0 Å². The lowest BCUT2D eigenvalue weighted by molar-refractivity contribution is -0.421. The molecule has 0 radical (unpaired) electrons. The largest absolute Gasteiger partial charge is 0.379 e. The van der Waals surface area contributed by atoms with Crippen LogP contribution in [0.4, 0.5) is 17.1 Å². The summed E-state index contributed by atoms with van der Waals surface area (Å²) in [5.74, 6) is 0. The minimum atomic E-state index is -0.755. The number of rotatable bonds is 5. The lowest BCUT2D eigenvalue weighted by Gasteiger charge is -2.05. The first-order valence-electron chi connectivity index (χ1n) is 4.73. The molecule has 0 heterocycles. The third-order valence-electron chi connectivity index (χ3n) is 1.96. The van der Waals surface area contributed by atoms with E-state index in [9.17, 15) is 20.2 Å². The van der Waals surface area contributed by atoms with Crippen molar-refractivity contribution in [1.29, 1.82) is 0 Å². The molecule has 0 unspecified atom stereocenters. The van der Waals surface area contributed by atoms with Gasteiger partial charge in [0, 0.05) is 12.6 Å². The van der Waals surface area contributed by atoms with Crippen LogP contribution in [0.1, 0.15) is 13.3 Å². The zero-order valence-corrected chi connectivity index (χ0v) is 8.67. The molecule has 86 valence electrons. The molecule has 7 heteroatoms. The van der Waals surface area contributed by atoms with Gasteiger partial charge in [-0.3, -0.25) is 20.2 Å². The molecule has 1 aromatic rings. The van der Waals surface area contributed by atoms with Crippen LogP contribution in [0, 0.1) is 20.2 Å². The summed E-state index contributed by atoms with van der Waals surface area (Å²) in [6.45, 7) is 2.43. The Kier molecular flexibility index (Phi) is 3.76. The van der Waals surface area contributed by atoms with Crippen molar-refractivity contribution >= 4 is 17.1 Å². The van der Waals surface area contributed by atoms with Crippen molar-refractivity contribution in [2.45, 2.75) is 13.3 Å². The van der Waals surface area contributed by atoms with Gasteiger partial charge in [0.2, 0.25) is 0 Å². The molecule has 16 heavy (non-hydrogen) atoms. The number of nitrogens with zero attached hydrogens (tertiary/aromatic N) is 2. The van der Waals surface area contributed by atoms with Crippen LogP contribution in [-0.4, -0.2) is 16.4 Å². The third kappa shape index (κ3) is 2.44. The number of hydrogen-bond acceptors (Lipinski definition) is 5. The van der Waals surface area contributed by atoms with Crippen LogP contribution in [0.25, 0.3) is 0 Å². The maximum Gasteiger partial charge on any atom is 0.368 e. The Morgan fingerprint density at radius 1 is 1.25 bits per heavy atom. The first kappa shape index (κ1) is 11.9. The molecule has 1 N–H and O–H groups in total. The smallest absolute Gasteiger partial charge is 0.368 e. The predicted octanol–water partition coefficient (Wildman–Crippen LogP) is 2.32. The van der Waals surface area contributed by atoms with Gasteiger partial charge in [0.15, 0.2) is 0 Å². The Hall–Kier alpha value is -2.18. The molecular formula is C9H11N3O4. The molecule has 0 aliphatic heterocycles. The van der Waals surface area contributed by atoms with E-state index in [2.05, 4.69) is 5.32 Å². The highest BCUT2D eigenvalue weighted by Crippen LogP contribution is 2.34. The molecule has 0 spiro atoms. The second kappa shape index (κ2) is 5.06. The number of para-hydroxylation sites is 1. The Morgan fingerprint density at radius 2 is 1.94 bits per heavy atom. The van der Waals surface area contributed by atoms with Crippen molar-refractivity contribution in [3.8, 4) is 0 Å². The van der Waals surface area contributed by atoms with E-state index >= 15 is 0 Å². The predicted molar refractivity (Wildman–Crippen MR) is 58.5 cm³/mol. The third-order valence-corrected chi connectivity index (χ3v) is 1.96. The number of anilines is 1. The molecule has 0 saturated heterocycles. The highest BCUT2D eigenvalue weighted by atomic mass is 16.6. The van der Waals surface area contributed by atoms with Gasteiger partial charge >= 0.3 is 11.4 Å². The molecule has 0 bridgehead atoms. The van der Waals surface area contributed by atoms with E-state index in [1.54, 1.807) is 0 Å². The van der Waals surface area contributed by atoms with Crippen molar-refractivity contribution in [2.24, 2.45) is 0 Å². The van der Waals surface area contributed by atoms with E-state index in [1.165, 1.54) is 12.1 Å². The maximum absolute atomic E-state index is 10.8. The molecule has 0 aliphatic rings. The minimum Gasteiger partial charge on any atom is -0.379 e. The normalized spacial score (nSPS) is 9.81. The van der Waals surface area contributed by atoms with Crippen molar-refractivity contribution in [1.82, 2.24) is 0 Å². The highest BCUT2D eigenvalue weighted by molar-refractivity contribution is 5.71. The molecule has 1 aromatic carbocycles. The van der Waals surface area contributed by atoms with Crippen LogP contribution < -0.4 is 5.32 Å². The highest BCUT2D eigenvalue weighted by Gasteiger charge is 2.27.